The molecule has 0 fully saturated rings. The first kappa shape index (κ1) is 20.1. The highest BCUT2D eigenvalue weighted by Crippen LogP contribution is 2.27. The van der Waals surface area contributed by atoms with Gasteiger partial charge in [0.1, 0.15) is 5.75 Å². The molecule has 2 heterocycles. The van der Waals surface area contributed by atoms with Crippen molar-refractivity contribution in [3.63, 3.8) is 0 Å². The van der Waals surface area contributed by atoms with Gasteiger partial charge in [0.25, 0.3) is 5.91 Å². The summed E-state index contributed by atoms with van der Waals surface area (Å²) in [5, 5.41) is 7.02. The molecule has 0 aliphatic rings. The lowest BCUT2D eigenvalue weighted by molar-refractivity contribution is -0.130. The lowest BCUT2D eigenvalue weighted by Crippen LogP contribution is -2.27. The summed E-state index contributed by atoms with van der Waals surface area (Å²) in [6.45, 7) is -0.0231. The number of hydrogen-bond donors (Lipinski definition) is 0. The Labute approximate surface area is 181 Å². The maximum absolute atomic E-state index is 12.4. The largest absolute Gasteiger partial charge is 0.484 e. The van der Waals surface area contributed by atoms with Gasteiger partial charge in [-0.3, -0.25) is 9.59 Å². The number of amides is 1. The summed E-state index contributed by atoms with van der Waals surface area (Å²) in [4.78, 5) is 30.2. The third-order valence-corrected chi connectivity index (χ3v) is 5.48. The topological polar surface area (TPSA) is 76.8 Å². The zero-order valence-electron chi connectivity index (χ0n) is 16.2. The van der Waals surface area contributed by atoms with Gasteiger partial charge in [0, 0.05) is 35.6 Å². The third kappa shape index (κ3) is 4.05. The molecule has 0 aliphatic carbocycles. The third-order valence-electron chi connectivity index (χ3n) is 4.41. The van der Waals surface area contributed by atoms with Gasteiger partial charge in [0.2, 0.25) is 4.96 Å². The van der Waals surface area contributed by atoms with Crippen molar-refractivity contribution in [2.45, 2.75) is 0 Å². The van der Waals surface area contributed by atoms with E-state index in [2.05, 4.69) is 10.1 Å². The molecule has 30 heavy (non-hydrogen) atoms. The van der Waals surface area contributed by atoms with Crippen LogP contribution < -0.4 is 10.3 Å². The second-order valence-electron chi connectivity index (χ2n) is 6.69. The molecular weight excluding hydrogens is 424 g/mol. The van der Waals surface area contributed by atoms with Crippen LogP contribution in [0.25, 0.3) is 27.5 Å². The van der Waals surface area contributed by atoms with Gasteiger partial charge in [-0.2, -0.15) is 10.1 Å². The van der Waals surface area contributed by atoms with E-state index < -0.39 is 0 Å². The summed E-state index contributed by atoms with van der Waals surface area (Å²) in [7, 11) is 3.36. The van der Waals surface area contributed by atoms with Gasteiger partial charge in [-0.05, 0) is 36.4 Å². The maximum Gasteiger partial charge on any atom is 0.300 e. The molecule has 0 saturated heterocycles. The minimum atomic E-state index is -0.389. The van der Waals surface area contributed by atoms with Crippen molar-refractivity contribution in [3.8, 4) is 28.3 Å². The number of carbonyl (C=O) groups excluding carboxylic acids is 1. The van der Waals surface area contributed by atoms with Gasteiger partial charge in [-0.25, -0.2) is 4.52 Å². The first-order chi connectivity index (χ1) is 14.4. The summed E-state index contributed by atoms with van der Waals surface area (Å²) in [5.74, 6) is 0.477. The van der Waals surface area contributed by atoms with Crippen LogP contribution in [0.3, 0.4) is 0 Å². The number of carbonyl (C=O) groups is 1. The van der Waals surface area contributed by atoms with Crippen LogP contribution in [0.15, 0.2) is 58.7 Å². The second-order valence-corrected chi connectivity index (χ2v) is 7.96. The standard InChI is InChI=1S/C21H17ClN4O3S/c1-25(2)18(27)11-29-16-9-5-13(6-10-16)17-12-30-21-23-20(28)19(24-26(17)21)14-3-7-15(22)8-4-14/h3-10,12H,11H2,1-2H3. The lowest BCUT2D eigenvalue weighted by Gasteiger charge is -2.11. The van der Waals surface area contributed by atoms with Crippen molar-refractivity contribution < 1.29 is 9.53 Å². The van der Waals surface area contributed by atoms with Crippen LogP contribution in [-0.2, 0) is 4.79 Å². The Bertz CT molecular complexity index is 1260. The predicted octanol–water partition coefficient (Wildman–Crippen LogP) is 3.61. The van der Waals surface area contributed by atoms with E-state index in [-0.39, 0.29) is 23.8 Å². The molecule has 4 rings (SSSR count). The Kier molecular flexibility index (Phi) is 5.52. The molecule has 0 saturated carbocycles. The molecule has 7 nitrogen and oxygen atoms in total. The van der Waals surface area contributed by atoms with Crippen LogP contribution in [0.5, 0.6) is 5.75 Å². The Balaban J connectivity index is 1.66. The fourth-order valence-corrected chi connectivity index (χ4v) is 3.69. The highest BCUT2D eigenvalue weighted by molar-refractivity contribution is 7.15. The van der Waals surface area contributed by atoms with Crippen LogP contribution in [0.4, 0.5) is 0 Å². The number of hydrogen-bond acceptors (Lipinski definition) is 6. The van der Waals surface area contributed by atoms with Gasteiger partial charge < -0.3 is 9.64 Å². The molecule has 0 unspecified atom stereocenters. The molecule has 0 aliphatic heterocycles. The number of nitrogens with zero attached hydrogens (tertiary/aromatic N) is 4. The van der Waals surface area contributed by atoms with Crippen molar-refractivity contribution in [2.24, 2.45) is 0 Å². The summed E-state index contributed by atoms with van der Waals surface area (Å²) in [6.07, 6.45) is 0. The number of likely N-dealkylation sites (N-methyl/N-ethyl adjacent to an activating group) is 1. The number of benzene rings is 2. The first-order valence-electron chi connectivity index (χ1n) is 9.00. The van der Waals surface area contributed by atoms with Crippen molar-refractivity contribution in [1.82, 2.24) is 19.5 Å². The summed E-state index contributed by atoms with van der Waals surface area (Å²) < 4.78 is 7.17. The number of fused-ring (bicyclic) bond motifs is 1. The zero-order chi connectivity index (χ0) is 21.3. The van der Waals surface area contributed by atoms with Crippen molar-refractivity contribution in [3.05, 3.63) is 69.3 Å². The molecule has 2 aromatic carbocycles. The van der Waals surface area contributed by atoms with Crippen LogP contribution in [0, 0.1) is 0 Å². The Morgan fingerprint density at radius 1 is 1.10 bits per heavy atom. The summed E-state index contributed by atoms with van der Waals surface area (Å²) in [5.41, 5.74) is 2.20. The molecule has 0 atom stereocenters. The number of thiazole rings is 1. The maximum atomic E-state index is 12.4. The van der Waals surface area contributed by atoms with E-state index >= 15 is 0 Å². The average Bonchev–Trinajstić information content (AvgIpc) is 3.15. The van der Waals surface area contributed by atoms with Gasteiger partial charge >= 0.3 is 5.56 Å². The molecule has 0 bridgehead atoms. The molecule has 0 radical (unpaired) electrons. The Morgan fingerprint density at radius 3 is 2.43 bits per heavy atom. The average molecular weight is 441 g/mol. The quantitative estimate of drug-likeness (QED) is 0.474. The van der Waals surface area contributed by atoms with Crippen LogP contribution in [0.1, 0.15) is 0 Å². The molecule has 4 aromatic rings. The fourth-order valence-electron chi connectivity index (χ4n) is 2.74. The fraction of sp³-hybridized carbons (Fsp3) is 0.143. The van der Waals surface area contributed by atoms with Crippen LogP contribution in [0.2, 0.25) is 5.02 Å². The molecule has 0 N–H and O–H groups in total. The van der Waals surface area contributed by atoms with E-state index in [1.807, 2.05) is 17.5 Å². The lowest BCUT2D eigenvalue weighted by atomic mass is 10.1. The molecule has 152 valence electrons. The van der Waals surface area contributed by atoms with Gasteiger partial charge in [0.05, 0.1) is 5.69 Å². The van der Waals surface area contributed by atoms with E-state index in [1.165, 1.54) is 16.2 Å². The number of rotatable bonds is 5. The normalized spacial score (nSPS) is 10.9. The minimum absolute atomic E-state index is 0.0231. The van der Waals surface area contributed by atoms with Crippen LogP contribution >= 0.6 is 22.9 Å². The second kappa shape index (κ2) is 8.25. The number of halogens is 1. The first-order valence-corrected chi connectivity index (χ1v) is 10.3. The van der Waals surface area contributed by atoms with E-state index in [0.717, 1.165) is 11.3 Å². The molecule has 2 aromatic heterocycles. The van der Waals surface area contributed by atoms with Gasteiger partial charge in [-0.1, -0.05) is 23.7 Å². The van der Waals surface area contributed by atoms with Crippen molar-refractivity contribution in [1.29, 1.82) is 0 Å². The monoisotopic (exact) mass is 440 g/mol. The van der Waals surface area contributed by atoms with Crippen LogP contribution in [-0.4, -0.2) is 46.1 Å². The molecule has 1 amide bonds. The number of ether oxygens (including phenoxy) is 1. The zero-order valence-corrected chi connectivity index (χ0v) is 17.8. The van der Waals surface area contributed by atoms with Crippen molar-refractivity contribution >= 4 is 33.8 Å². The Hall–Kier alpha value is -3.23. The minimum Gasteiger partial charge on any atom is -0.484 e. The molecule has 0 spiro atoms. The van der Waals surface area contributed by atoms with Gasteiger partial charge in [-0.15, -0.1) is 11.3 Å². The highest BCUT2D eigenvalue weighted by Gasteiger charge is 2.14. The van der Waals surface area contributed by atoms with E-state index in [1.54, 1.807) is 55.0 Å². The predicted molar refractivity (Wildman–Crippen MR) is 117 cm³/mol. The van der Waals surface area contributed by atoms with Crippen molar-refractivity contribution in [2.75, 3.05) is 20.7 Å². The van der Waals surface area contributed by atoms with E-state index in [4.69, 9.17) is 16.3 Å². The molecule has 9 heteroatoms. The van der Waals surface area contributed by atoms with Gasteiger partial charge in [0.15, 0.2) is 12.3 Å². The SMILES string of the molecule is CN(C)C(=O)COc1ccc(-c2csc3nc(=O)c(-c4ccc(Cl)cc4)nn23)cc1. The van der Waals surface area contributed by atoms with E-state index in [0.29, 0.717) is 21.3 Å². The number of aromatic nitrogens is 3. The Morgan fingerprint density at radius 2 is 1.77 bits per heavy atom. The van der Waals surface area contributed by atoms with E-state index in [9.17, 15) is 9.59 Å². The highest BCUT2D eigenvalue weighted by atomic mass is 35.5. The summed E-state index contributed by atoms with van der Waals surface area (Å²) in [6, 6.07) is 14.2. The summed E-state index contributed by atoms with van der Waals surface area (Å²) >= 11 is 7.28. The smallest absolute Gasteiger partial charge is 0.300 e. The molecular formula is C21H17ClN4O3S.